The summed E-state index contributed by atoms with van der Waals surface area (Å²) in [5, 5.41) is 0.111. The van der Waals surface area contributed by atoms with Crippen molar-refractivity contribution in [1.29, 1.82) is 0 Å². The van der Waals surface area contributed by atoms with E-state index in [2.05, 4.69) is 4.98 Å². The zero-order chi connectivity index (χ0) is 11.7. The summed E-state index contributed by atoms with van der Waals surface area (Å²) in [5.74, 6) is 0. The maximum absolute atomic E-state index is 10.9. The molecule has 0 aliphatic rings. The van der Waals surface area contributed by atoms with E-state index in [4.69, 9.17) is 23.2 Å². The number of hydrogen-bond acceptors (Lipinski definition) is 2. The maximum atomic E-state index is 10.9. The van der Waals surface area contributed by atoms with Gasteiger partial charge in [-0.15, -0.1) is 0 Å². The summed E-state index contributed by atoms with van der Waals surface area (Å²) < 4.78 is 1.74. The highest BCUT2D eigenvalue weighted by Gasteiger charge is 2.08. The standard InChI is InChI=1S/C11H8Cl2N2O/c1-7-4-8(12)2-3-10(7)15-5-9(11(13)16)14-6-15/h2-6H,1H3. The lowest BCUT2D eigenvalue weighted by atomic mass is 10.2. The van der Waals surface area contributed by atoms with Crippen molar-refractivity contribution in [1.82, 2.24) is 9.55 Å². The zero-order valence-corrected chi connectivity index (χ0v) is 9.96. The Kier molecular flexibility index (Phi) is 2.99. The fourth-order valence-corrected chi connectivity index (χ4v) is 1.79. The van der Waals surface area contributed by atoms with Crippen molar-refractivity contribution in [2.24, 2.45) is 0 Å². The van der Waals surface area contributed by atoms with Gasteiger partial charge in [-0.05, 0) is 42.3 Å². The first-order valence-electron chi connectivity index (χ1n) is 4.58. The minimum Gasteiger partial charge on any atom is -0.305 e. The molecule has 1 heterocycles. The van der Waals surface area contributed by atoms with Crippen LogP contribution in [0.4, 0.5) is 0 Å². The molecule has 0 N–H and O–H groups in total. The quantitative estimate of drug-likeness (QED) is 0.772. The van der Waals surface area contributed by atoms with Crippen molar-refractivity contribution >= 4 is 28.4 Å². The molecule has 0 aliphatic carbocycles. The third-order valence-electron chi connectivity index (χ3n) is 2.22. The molecule has 5 heteroatoms. The van der Waals surface area contributed by atoms with Crippen LogP contribution in [0.15, 0.2) is 30.7 Å². The summed E-state index contributed by atoms with van der Waals surface area (Å²) in [7, 11) is 0. The molecule has 3 nitrogen and oxygen atoms in total. The molecule has 82 valence electrons. The van der Waals surface area contributed by atoms with Crippen LogP contribution < -0.4 is 0 Å². The molecule has 2 aromatic rings. The summed E-state index contributed by atoms with van der Waals surface area (Å²) in [6, 6.07) is 5.49. The molecule has 2 rings (SSSR count). The topological polar surface area (TPSA) is 34.9 Å². The van der Waals surface area contributed by atoms with Crippen LogP contribution in [-0.2, 0) is 0 Å². The summed E-state index contributed by atoms with van der Waals surface area (Å²) in [5.41, 5.74) is 2.15. The van der Waals surface area contributed by atoms with Gasteiger partial charge in [0.25, 0.3) is 5.24 Å². The van der Waals surface area contributed by atoms with E-state index in [1.54, 1.807) is 23.2 Å². The Morgan fingerprint density at radius 2 is 2.19 bits per heavy atom. The van der Waals surface area contributed by atoms with E-state index in [1.807, 2.05) is 19.1 Å². The van der Waals surface area contributed by atoms with E-state index in [1.165, 1.54) is 0 Å². The lowest BCUT2D eigenvalue weighted by molar-refractivity contribution is 0.107. The van der Waals surface area contributed by atoms with E-state index < -0.39 is 5.24 Å². The van der Waals surface area contributed by atoms with Gasteiger partial charge in [0.1, 0.15) is 12.0 Å². The number of carbonyl (C=O) groups is 1. The highest BCUT2D eigenvalue weighted by molar-refractivity contribution is 6.67. The lowest BCUT2D eigenvalue weighted by Gasteiger charge is -2.06. The normalized spacial score (nSPS) is 10.4. The molecular formula is C11H8Cl2N2O. The van der Waals surface area contributed by atoms with Gasteiger partial charge in [-0.1, -0.05) is 11.6 Å². The summed E-state index contributed by atoms with van der Waals surface area (Å²) >= 11 is 11.2. The first-order valence-corrected chi connectivity index (χ1v) is 5.34. The Labute approximate surface area is 103 Å². The Morgan fingerprint density at radius 3 is 2.75 bits per heavy atom. The fraction of sp³-hybridized carbons (Fsp3) is 0.0909. The number of nitrogens with zero attached hydrogens (tertiary/aromatic N) is 2. The summed E-state index contributed by atoms with van der Waals surface area (Å²) in [4.78, 5) is 14.8. The lowest BCUT2D eigenvalue weighted by Crippen LogP contribution is -1.93. The number of aryl methyl sites for hydroxylation is 1. The van der Waals surface area contributed by atoms with Gasteiger partial charge in [0.15, 0.2) is 0 Å². The number of benzene rings is 1. The average Bonchev–Trinajstić information content (AvgIpc) is 2.66. The molecule has 0 aliphatic heterocycles. The molecule has 0 atom stereocenters. The number of halogens is 2. The van der Waals surface area contributed by atoms with Crippen molar-refractivity contribution < 1.29 is 4.79 Å². The SMILES string of the molecule is Cc1cc(Cl)ccc1-n1cnc(C(=O)Cl)c1. The third-order valence-corrected chi connectivity index (χ3v) is 2.65. The highest BCUT2D eigenvalue weighted by atomic mass is 35.5. The summed E-state index contributed by atoms with van der Waals surface area (Å²) in [6.45, 7) is 1.93. The van der Waals surface area contributed by atoms with Crippen LogP contribution in [0, 0.1) is 6.92 Å². The Morgan fingerprint density at radius 1 is 1.44 bits per heavy atom. The molecule has 0 saturated carbocycles. The van der Waals surface area contributed by atoms with Crippen molar-refractivity contribution in [3.63, 3.8) is 0 Å². The van der Waals surface area contributed by atoms with E-state index in [9.17, 15) is 4.79 Å². The number of hydrogen-bond donors (Lipinski definition) is 0. The van der Waals surface area contributed by atoms with Crippen molar-refractivity contribution in [3.05, 3.63) is 47.0 Å². The van der Waals surface area contributed by atoms with E-state index >= 15 is 0 Å². The number of aromatic nitrogens is 2. The molecule has 0 bridgehead atoms. The van der Waals surface area contributed by atoms with Gasteiger partial charge in [0, 0.05) is 16.9 Å². The van der Waals surface area contributed by atoms with Gasteiger partial charge < -0.3 is 4.57 Å². The van der Waals surface area contributed by atoms with E-state index in [0.29, 0.717) is 5.02 Å². The Hall–Kier alpha value is -1.32. The van der Waals surface area contributed by atoms with Crippen LogP contribution in [0.2, 0.25) is 5.02 Å². The largest absolute Gasteiger partial charge is 0.305 e. The van der Waals surface area contributed by atoms with Gasteiger partial charge in [-0.3, -0.25) is 4.79 Å². The van der Waals surface area contributed by atoms with E-state index in [0.717, 1.165) is 11.3 Å². The zero-order valence-electron chi connectivity index (χ0n) is 8.45. The van der Waals surface area contributed by atoms with Crippen molar-refractivity contribution in [3.8, 4) is 5.69 Å². The maximum Gasteiger partial charge on any atom is 0.272 e. The van der Waals surface area contributed by atoms with Crippen LogP contribution >= 0.6 is 23.2 Å². The van der Waals surface area contributed by atoms with E-state index in [-0.39, 0.29) is 5.69 Å². The van der Waals surface area contributed by atoms with Crippen LogP contribution in [0.3, 0.4) is 0 Å². The van der Waals surface area contributed by atoms with Gasteiger partial charge >= 0.3 is 0 Å². The van der Waals surface area contributed by atoms with Gasteiger partial charge in [0.05, 0.1) is 0 Å². The molecule has 0 amide bonds. The molecule has 0 fully saturated rings. The van der Waals surface area contributed by atoms with Crippen molar-refractivity contribution in [2.45, 2.75) is 6.92 Å². The first kappa shape index (κ1) is 11.2. The highest BCUT2D eigenvalue weighted by Crippen LogP contribution is 2.19. The number of rotatable bonds is 2. The fourth-order valence-electron chi connectivity index (χ4n) is 1.46. The second-order valence-electron chi connectivity index (χ2n) is 3.37. The molecule has 0 unspecified atom stereocenters. The average molecular weight is 255 g/mol. The minimum absolute atomic E-state index is 0.232. The third kappa shape index (κ3) is 2.10. The van der Waals surface area contributed by atoms with Crippen LogP contribution in [0.25, 0.3) is 5.69 Å². The monoisotopic (exact) mass is 254 g/mol. The summed E-state index contributed by atoms with van der Waals surface area (Å²) in [6.07, 6.45) is 3.14. The molecule has 16 heavy (non-hydrogen) atoms. The van der Waals surface area contributed by atoms with Gasteiger partial charge in [-0.25, -0.2) is 4.98 Å². The van der Waals surface area contributed by atoms with Gasteiger partial charge in [-0.2, -0.15) is 0 Å². The molecule has 0 saturated heterocycles. The number of imidazole rings is 1. The second kappa shape index (κ2) is 4.28. The Balaban J connectivity index is 2.46. The van der Waals surface area contributed by atoms with Crippen LogP contribution in [0.1, 0.15) is 16.1 Å². The first-order chi connectivity index (χ1) is 7.58. The molecule has 1 aromatic carbocycles. The Bertz CT molecular complexity index is 549. The molecule has 0 radical (unpaired) electrons. The number of carbonyl (C=O) groups excluding carboxylic acids is 1. The smallest absolute Gasteiger partial charge is 0.272 e. The molecular weight excluding hydrogens is 247 g/mol. The second-order valence-corrected chi connectivity index (χ2v) is 4.15. The van der Waals surface area contributed by atoms with Gasteiger partial charge in [0.2, 0.25) is 0 Å². The molecule has 1 aromatic heterocycles. The minimum atomic E-state index is -0.564. The molecule has 0 spiro atoms. The van der Waals surface area contributed by atoms with Crippen molar-refractivity contribution in [2.75, 3.05) is 0 Å². The van der Waals surface area contributed by atoms with Crippen LogP contribution in [-0.4, -0.2) is 14.8 Å². The van der Waals surface area contributed by atoms with Crippen LogP contribution in [0.5, 0.6) is 0 Å². The predicted octanol–water partition coefficient (Wildman–Crippen LogP) is 3.21. The predicted molar refractivity (Wildman–Crippen MR) is 63.5 cm³/mol.